The van der Waals surface area contributed by atoms with Crippen LogP contribution in [0.2, 0.25) is 0 Å². The predicted octanol–water partition coefficient (Wildman–Crippen LogP) is -0.135. The van der Waals surface area contributed by atoms with E-state index in [9.17, 15) is 0 Å². The van der Waals surface area contributed by atoms with E-state index in [2.05, 4.69) is 13.7 Å². The molecule has 0 radical (unpaired) electrons. The van der Waals surface area contributed by atoms with Gasteiger partial charge in [0.2, 0.25) is 0 Å². The first-order chi connectivity index (χ1) is 3.05. The largest absolute Gasteiger partial charge is 0 e. The van der Waals surface area contributed by atoms with E-state index in [0.29, 0.717) is 0 Å². The molecule has 0 saturated carbocycles. The van der Waals surface area contributed by atoms with Crippen LogP contribution in [-0.4, -0.2) is 9.79 Å². The van der Waals surface area contributed by atoms with Gasteiger partial charge in [-0.05, 0) is 0 Å². The molecule has 0 aromatic heterocycles. The van der Waals surface area contributed by atoms with Crippen molar-refractivity contribution in [2.45, 2.75) is 0 Å². The van der Waals surface area contributed by atoms with Crippen molar-refractivity contribution in [1.82, 2.24) is 0 Å². The van der Waals surface area contributed by atoms with E-state index in [1.54, 1.807) is 9.47 Å². The third-order valence-corrected chi connectivity index (χ3v) is 2.43. The minimum Gasteiger partial charge on any atom is 0 e. The molecule has 52 valence electrons. The van der Waals surface area contributed by atoms with Gasteiger partial charge < -0.3 is 0 Å². The van der Waals surface area contributed by atoms with Crippen molar-refractivity contribution in [3.8, 4) is 0 Å². The third kappa shape index (κ3) is 1.85. The van der Waals surface area contributed by atoms with Gasteiger partial charge in [-0.2, -0.15) is 0 Å². The Balaban J connectivity index is 0.000000490. The molecule has 1 aliphatic heterocycles. The molecule has 0 amide bonds. The van der Waals surface area contributed by atoms with E-state index in [1.807, 2.05) is 0 Å². The second-order valence-electron chi connectivity index (χ2n) is 1.06. The normalized spacial score (nSPS) is 33.6. The standard InChI is InChI=1S/Fe.H4O5P2/c;1-7(2,5-6)3-4-7/h;1-2H,6H2. The summed E-state index contributed by atoms with van der Waals surface area (Å²) in [7, 11) is -2.74. The molecule has 0 bridgehead atoms. The summed E-state index contributed by atoms with van der Waals surface area (Å²) in [5, 5.41) is 0. The van der Waals surface area contributed by atoms with Gasteiger partial charge >= 0.3 is 40.7 Å². The molecule has 8 heavy (non-hydrogen) atoms. The molecule has 0 aromatic rings. The molecule has 1 saturated heterocycles. The van der Waals surface area contributed by atoms with Crippen molar-refractivity contribution in [2.24, 2.45) is 0 Å². The minimum absolute atomic E-state index is 0. The first kappa shape index (κ1) is 9.18. The summed E-state index contributed by atoms with van der Waals surface area (Å²) in [6, 6.07) is 0. The monoisotopic (exact) mass is 202 g/mol. The van der Waals surface area contributed by atoms with Gasteiger partial charge in [0.25, 0.3) is 0 Å². The van der Waals surface area contributed by atoms with E-state index in [4.69, 9.17) is 9.79 Å². The Labute approximate surface area is 58.3 Å². The second-order valence-corrected chi connectivity index (χ2v) is 3.80. The van der Waals surface area contributed by atoms with Crippen LogP contribution in [0.3, 0.4) is 0 Å². The molecule has 0 spiro atoms. The van der Waals surface area contributed by atoms with Crippen molar-refractivity contribution in [1.29, 1.82) is 0 Å². The van der Waals surface area contributed by atoms with E-state index in [0.717, 1.165) is 0 Å². The van der Waals surface area contributed by atoms with Crippen LogP contribution >= 0.6 is 17.2 Å². The average Bonchev–Trinajstić information content (AvgIpc) is 2.20. The Bertz CT molecular complexity index is 92.6. The zero-order chi connectivity index (χ0) is 5.57. The molecule has 1 fully saturated rings. The Morgan fingerprint density at radius 2 is 1.75 bits per heavy atom. The van der Waals surface area contributed by atoms with Gasteiger partial charge in [-0.15, -0.1) is 0 Å². The fraction of sp³-hybridized carbons (Fsp3) is 0. The van der Waals surface area contributed by atoms with Crippen molar-refractivity contribution >= 4 is 17.2 Å². The average molecular weight is 202 g/mol. The summed E-state index contributed by atoms with van der Waals surface area (Å²) in [4.78, 5) is 16.8. The molecule has 0 aromatic carbocycles. The molecule has 1 unspecified atom stereocenters. The van der Waals surface area contributed by atoms with E-state index >= 15 is 0 Å². The van der Waals surface area contributed by atoms with Crippen molar-refractivity contribution < 1.29 is 40.5 Å². The van der Waals surface area contributed by atoms with Gasteiger partial charge in [-0.3, -0.25) is 0 Å². The Morgan fingerprint density at radius 3 is 1.75 bits per heavy atom. The molecule has 8 heteroatoms. The van der Waals surface area contributed by atoms with Crippen LogP contribution in [0.1, 0.15) is 0 Å². The molecule has 2 N–H and O–H groups in total. The van der Waals surface area contributed by atoms with Gasteiger partial charge in [-0.1, -0.05) is 0 Å². The molecule has 0 aliphatic carbocycles. The van der Waals surface area contributed by atoms with Crippen LogP contribution in [0.4, 0.5) is 0 Å². The summed E-state index contributed by atoms with van der Waals surface area (Å²) in [5.41, 5.74) is 0. The summed E-state index contributed by atoms with van der Waals surface area (Å²) < 4.78 is 11.4. The maximum absolute atomic E-state index is 8.40. The van der Waals surface area contributed by atoms with Crippen LogP contribution in [0.15, 0.2) is 0 Å². The fourth-order valence-electron chi connectivity index (χ4n) is 0.0786. The van der Waals surface area contributed by atoms with E-state index in [-0.39, 0.29) is 17.1 Å². The molecule has 1 rings (SSSR count). The van der Waals surface area contributed by atoms with E-state index in [1.165, 1.54) is 0 Å². The SMILES string of the molecule is OP1(O)(OP)OO1.[Fe]. The topological polar surface area (TPSA) is 74.8 Å². The van der Waals surface area contributed by atoms with Gasteiger partial charge in [0.1, 0.15) is 0 Å². The molecular weight excluding hydrogens is 198 g/mol. The minimum atomic E-state index is -4.36. The maximum Gasteiger partial charge on any atom is 0 e. The molecule has 1 heterocycles. The first-order valence-electron chi connectivity index (χ1n) is 1.35. The van der Waals surface area contributed by atoms with Crippen LogP contribution in [0, 0.1) is 0 Å². The second kappa shape index (κ2) is 2.10. The van der Waals surface area contributed by atoms with Crippen LogP contribution in [0.5, 0.6) is 0 Å². The Hall–Kier alpha value is 1.18. The third-order valence-electron chi connectivity index (χ3n) is 0.449. The summed E-state index contributed by atoms with van der Waals surface area (Å²) in [6.07, 6.45) is 0. The van der Waals surface area contributed by atoms with Gasteiger partial charge in [0.15, 0.2) is 0 Å². The van der Waals surface area contributed by atoms with Gasteiger partial charge in [-0.25, -0.2) is 0 Å². The van der Waals surface area contributed by atoms with Crippen molar-refractivity contribution in [3.05, 3.63) is 0 Å². The smallest absolute Gasteiger partial charge is 0 e. The molecular formula is H4FeO5P2. The number of rotatable bonds is 1. The summed E-state index contributed by atoms with van der Waals surface area (Å²) in [5.74, 6) is 0. The Morgan fingerprint density at radius 1 is 1.38 bits per heavy atom. The van der Waals surface area contributed by atoms with Crippen LogP contribution in [0.25, 0.3) is 0 Å². The molecule has 1 atom stereocenters. The number of hydrogen-bond acceptors (Lipinski definition) is 5. The number of hydrogen-bond donors (Lipinski definition) is 2. The Kier molecular flexibility index (Phi) is 2.41. The van der Waals surface area contributed by atoms with E-state index < -0.39 is 7.74 Å². The van der Waals surface area contributed by atoms with Crippen LogP contribution in [-0.2, 0) is 30.7 Å². The zero-order valence-corrected chi connectivity index (χ0v) is 6.65. The zero-order valence-electron chi connectivity index (χ0n) is 3.50. The van der Waals surface area contributed by atoms with Crippen molar-refractivity contribution in [3.63, 3.8) is 0 Å². The maximum atomic E-state index is 8.40. The molecule has 5 nitrogen and oxygen atoms in total. The first-order valence-corrected chi connectivity index (χ1v) is 3.72. The predicted molar refractivity (Wildman–Crippen MR) is 24.3 cm³/mol. The fourth-order valence-corrected chi connectivity index (χ4v) is 0.707. The quantitative estimate of drug-likeness (QED) is 0.268. The summed E-state index contributed by atoms with van der Waals surface area (Å²) >= 11 is 0. The molecule has 1 aliphatic rings. The van der Waals surface area contributed by atoms with Gasteiger partial charge in [0.05, 0.1) is 0 Å². The van der Waals surface area contributed by atoms with Gasteiger partial charge in [0, 0.05) is 17.1 Å². The van der Waals surface area contributed by atoms with Crippen LogP contribution < -0.4 is 0 Å². The summed E-state index contributed by atoms with van der Waals surface area (Å²) in [6.45, 7) is 0. The van der Waals surface area contributed by atoms with Crippen molar-refractivity contribution in [2.75, 3.05) is 0 Å².